The summed E-state index contributed by atoms with van der Waals surface area (Å²) in [4.78, 5) is 24.1. The van der Waals surface area contributed by atoms with Gasteiger partial charge >= 0.3 is 0 Å². The molecule has 5 nitrogen and oxygen atoms in total. The molecule has 6 heteroatoms. The minimum Gasteiger partial charge on any atom is -0.343 e. The molecule has 0 unspecified atom stereocenters. The lowest BCUT2D eigenvalue weighted by atomic mass is 10.00. The number of carbonyl (C=O) groups is 2. The van der Waals surface area contributed by atoms with E-state index in [1.807, 2.05) is 12.1 Å². The molecular formula is C15H20ClN3O2. The van der Waals surface area contributed by atoms with E-state index in [4.69, 9.17) is 17.3 Å². The highest BCUT2D eigenvalue weighted by atomic mass is 35.5. The Hall–Kier alpha value is -1.59. The van der Waals surface area contributed by atoms with Gasteiger partial charge in [0.25, 0.3) is 0 Å². The molecule has 1 aromatic rings. The predicted octanol–water partition coefficient (Wildman–Crippen LogP) is 0.995. The van der Waals surface area contributed by atoms with Crippen molar-refractivity contribution in [2.24, 2.45) is 5.73 Å². The predicted molar refractivity (Wildman–Crippen MR) is 81.9 cm³/mol. The quantitative estimate of drug-likeness (QED) is 0.685. The number of piperazine rings is 1. The molecule has 2 amide bonds. The van der Waals surface area contributed by atoms with Crippen molar-refractivity contribution in [2.45, 2.75) is 37.8 Å². The summed E-state index contributed by atoms with van der Waals surface area (Å²) in [5.41, 5.74) is 6.39. The summed E-state index contributed by atoms with van der Waals surface area (Å²) in [6.07, 6.45) is 2.78. The van der Waals surface area contributed by atoms with Gasteiger partial charge in [0.1, 0.15) is 12.1 Å². The van der Waals surface area contributed by atoms with Crippen molar-refractivity contribution in [1.82, 2.24) is 10.6 Å². The summed E-state index contributed by atoms with van der Waals surface area (Å²) in [6.45, 7) is 0.599. The van der Waals surface area contributed by atoms with Crippen molar-refractivity contribution in [3.05, 3.63) is 34.9 Å². The second kappa shape index (κ2) is 7.43. The fourth-order valence-electron chi connectivity index (χ4n) is 2.37. The van der Waals surface area contributed by atoms with Crippen LogP contribution in [0, 0.1) is 0 Å². The molecular weight excluding hydrogens is 290 g/mol. The van der Waals surface area contributed by atoms with Crippen molar-refractivity contribution < 1.29 is 9.59 Å². The van der Waals surface area contributed by atoms with Crippen molar-refractivity contribution in [3.8, 4) is 0 Å². The van der Waals surface area contributed by atoms with Gasteiger partial charge in [-0.25, -0.2) is 0 Å². The average Bonchev–Trinajstić information content (AvgIpc) is 2.46. The minimum atomic E-state index is -0.524. The fraction of sp³-hybridized carbons (Fsp3) is 0.467. The Bertz CT molecular complexity index is 504. The van der Waals surface area contributed by atoms with Crippen LogP contribution in [0.15, 0.2) is 24.3 Å². The lowest BCUT2D eigenvalue weighted by Gasteiger charge is -2.29. The number of benzene rings is 1. The highest BCUT2D eigenvalue weighted by molar-refractivity contribution is 6.30. The summed E-state index contributed by atoms with van der Waals surface area (Å²) in [6, 6.07) is 6.30. The van der Waals surface area contributed by atoms with Crippen LogP contribution in [0.3, 0.4) is 0 Å². The Labute approximate surface area is 129 Å². The van der Waals surface area contributed by atoms with E-state index in [0.29, 0.717) is 24.4 Å². The van der Waals surface area contributed by atoms with E-state index < -0.39 is 12.1 Å². The van der Waals surface area contributed by atoms with E-state index in [-0.39, 0.29) is 11.8 Å². The van der Waals surface area contributed by atoms with E-state index >= 15 is 0 Å². The van der Waals surface area contributed by atoms with E-state index in [1.54, 1.807) is 12.1 Å². The van der Waals surface area contributed by atoms with Gasteiger partial charge in [-0.3, -0.25) is 9.59 Å². The number of hydrogen-bond acceptors (Lipinski definition) is 3. The lowest BCUT2D eigenvalue weighted by molar-refractivity contribution is -0.136. The first kappa shape index (κ1) is 15.8. The molecule has 1 heterocycles. The van der Waals surface area contributed by atoms with Crippen LogP contribution in [-0.2, 0) is 16.0 Å². The topological polar surface area (TPSA) is 84.2 Å². The number of amides is 2. The third-order valence-electron chi connectivity index (χ3n) is 3.57. The molecule has 2 rings (SSSR count). The highest BCUT2D eigenvalue weighted by Gasteiger charge is 2.32. The molecule has 1 aliphatic rings. The van der Waals surface area contributed by atoms with Gasteiger partial charge in [-0.05, 0) is 43.5 Å². The van der Waals surface area contributed by atoms with Gasteiger partial charge in [-0.2, -0.15) is 0 Å². The van der Waals surface area contributed by atoms with Gasteiger partial charge in [0.15, 0.2) is 0 Å². The molecule has 2 atom stereocenters. The van der Waals surface area contributed by atoms with Gasteiger partial charge in [-0.15, -0.1) is 0 Å². The maximum atomic E-state index is 12.1. The molecule has 1 fully saturated rings. The first-order chi connectivity index (χ1) is 10.1. The van der Waals surface area contributed by atoms with E-state index in [0.717, 1.165) is 18.4 Å². The van der Waals surface area contributed by atoms with Crippen LogP contribution in [0.25, 0.3) is 0 Å². The summed E-state index contributed by atoms with van der Waals surface area (Å²) in [5.74, 6) is -0.257. The first-order valence-corrected chi connectivity index (χ1v) is 7.53. The average molecular weight is 310 g/mol. The standard InChI is InChI=1S/C15H20ClN3O2/c16-11-6-4-10(5-7-11)9-13-15(21)18-12(14(20)19-13)3-1-2-8-17/h4-7,12-13H,1-3,8-9,17H2,(H,18,21)(H,19,20)/t12-,13-/m0/s1. The molecule has 0 aliphatic carbocycles. The minimum absolute atomic E-state index is 0.120. The Morgan fingerprint density at radius 3 is 2.29 bits per heavy atom. The molecule has 1 aliphatic heterocycles. The third-order valence-corrected chi connectivity index (χ3v) is 3.82. The number of hydrogen-bond donors (Lipinski definition) is 3. The maximum absolute atomic E-state index is 12.1. The van der Waals surface area contributed by atoms with Crippen molar-refractivity contribution in [2.75, 3.05) is 6.54 Å². The van der Waals surface area contributed by atoms with Crippen molar-refractivity contribution >= 4 is 23.4 Å². The molecule has 1 aromatic carbocycles. The molecule has 0 saturated carbocycles. The number of carbonyl (C=O) groups excluding carboxylic acids is 2. The van der Waals surface area contributed by atoms with Crippen LogP contribution in [0.4, 0.5) is 0 Å². The zero-order valence-electron chi connectivity index (χ0n) is 11.8. The van der Waals surface area contributed by atoms with E-state index in [2.05, 4.69) is 10.6 Å². The fourth-order valence-corrected chi connectivity index (χ4v) is 2.50. The molecule has 4 N–H and O–H groups in total. The molecule has 0 spiro atoms. The van der Waals surface area contributed by atoms with E-state index in [9.17, 15) is 9.59 Å². The number of unbranched alkanes of at least 4 members (excludes halogenated alkanes) is 1. The molecule has 0 bridgehead atoms. The molecule has 0 aromatic heterocycles. The maximum Gasteiger partial charge on any atom is 0.243 e. The van der Waals surface area contributed by atoms with Crippen LogP contribution in [0.2, 0.25) is 5.02 Å². The van der Waals surface area contributed by atoms with Crippen molar-refractivity contribution in [1.29, 1.82) is 0 Å². The van der Waals surface area contributed by atoms with Gasteiger partial charge < -0.3 is 16.4 Å². The summed E-state index contributed by atoms with van der Waals surface area (Å²) < 4.78 is 0. The summed E-state index contributed by atoms with van der Waals surface area (Å²) in [5, 5.41) is 6.23. The highest BCUT2D eigenvalue weighted by Crippen LogP contribution is 2.13. The molecule has 1 saturated heterocycles. The van der Waals surface area contributed by atoms with Gasteiger partial charge in [-0.1, -0.05) is 23.7 Å². The van der Waals surface area contributed by atoms with Gasteiger partial charge in [0.2, 0.25) is 11.8 Å². The summed E-state index contributed by atoms with van der Waals surface area (Å²) in [7, 11) is 0. The number of nitrogens with two attached hydrogens (primary N) is 1. The number of halogens is 1. The van der Waals surface area contributed by atoms with Crippen LogP contribution in [-0.4, -0.2) is 30.4 Å². The zero-order chi connectivity index (χ0) is 15.2. The second-order valence-corrected chi connectivity index (χ2v) is 5.67. The largest absolute Gasteiger partial charge is 0.343 e. The van der Waals surface area contributed by atoms with Gasteiger partial charge in [0, 0.05) is 11.4 Å². The zero-order valence-corrected chi connectivity index (χ0v) is 12.5. The number of nitrogens with one attached hydrogen (secondary N) is 2. The van der Waals surface area contributed by atoms with Crippen LogP contribution in [0.1, 0.15) is 24.8 Å². The monoisotopic (exact) mass is 309 g/mol. The SMILES string of the molecule is NCCCC[C@@H]1NC(=O)[C@H](Cc2ccc(Cl)cc2)NC1=O. The normalized spacial score (nSPS) is 21.8. The third kappa shape index (κ3) is 4.44. The van der Waals surface area contributed by atoms with Gasteiger partial charge in [0.05, 0.1) is 0 Å². The van der Waals surface area contributed by atoms with E-state index in [1.165, 1.54) is 0 Å². The Kier molecular flexibility index (Phi) is 5.59. The molecule has 114 valence electrons. The number of rotatable bonds is 6. The Balaban J connectivity index is 1.91. The molecule has 0 radical (unpaired) electrons. The molecule has 21 heavy (non-hydrogen) atoms. The van der Waals surface area contributed by atoms with Crippen LogP contribution in [0.5, 0.6) is 0 Å². The smallest absolute Gasteiger partial charge is 0.243 e. The van der Waals surface area contributed by atoms with Crippen LogP contribution >= 0.6 is 11.6 Å². The van der Waals surface area contributed by atoms with Crippen molar-refractivity contribution in [3.63, 3.8) is 0 Å². The Morgan fingerprint density at radius 1 is 1.00 bits per heavy atom. The first-order valence-electron chi connectivity index (χ1n) is 7.15. The summed E-state index contributed by atoms with van der Waals surface area (Å²) >= 11 is 5.83. The Morgan fingerprint density at radius 2 is 1.62 bits per heavy atom. The lowest BCUT2D eigenvalue weighted by Crippen LogP contribution is -2.62. The van der Waals surface area contributed by atoms with Crippen LogP contribution < -0.4 is 16.4 Å². The second-order valence-electron chi connectivity index (χ2n) is 5.24.